The van der Waals surface area contributed by atoms with Crippen molar-refractivity contribution in [1.82, 2.24) is 4.98 Å². The number of rotatable bonds is 2. The SMILES string of the molecule is O=C(Nc1ccnc(Cl)c1)c1cccc(Cl)c1. The number of carbonyl (C=O) groups is 1. The molecule has 0 saturated heterocycles. The number of benzene rings is 1. The van der Waals surface area contributed by atoms with Gasteiger partial charge in [0.15, 0.2) is 0 Å². The van der Waals surface area contributed by atoms with Crippen LogP contribution in [0.5, 0.6) is 0 Å². The van der Waals surface area contributed by atoms with Crippen molar-refractivity contribution in [2.75, 3.05) is 5.32 Å². The molecule has 86 valence electrons. The molecule has 1 aromatic heterocycles. The minimum Gasteiger partial charge on any atom is -0.322 e. The van der Waals surface area contributed by atoms with Crippen LogP contribution < -0.4 is 5.32 Å². The lowest BCUT2D eigenvalue weighted by molar-refractivity contribution is 0.102. The minimum atomic E-state index is -0.241. The first-order valence-corrected chi connectivity index (χ1v) is 5.59. The first-order valence-electron chi connectivity index (χ1n) is 4.83. The molecule has 0 fully saturated rings. The summed E-state index contributed by atoms with van der Waals surface area (Å²) in [7, 11) is 0. The standard InChI is InChI=1S/C12H8Cl2N2O/c13-9-3-1-2-8(6-9)12(17)16-10-4-5-15-11(14)7-10/h1-7H,(H,15,16,17). The zero-order valence-corrected chi connectivity index (χ0v) is 10.2. The largest absolute Gasteiger partial charge is 0.322 e. The van der Waals surface area contributed by atoms with Crippen LogP contribution in [0.1, 0.15) is 10.4 Å². The fraction of sp³-hybridized carbons (Fsp3) is 0. The summed E-state index contributed by atoms with van der Waals surface area (Å²) in [6.07, 6.45) is 1.52. The highest BCUT2D eigenvalue weighted by Gasteiger charge is 2.06. The highest BCUT2D eigenvalue weighted by molar-refractivity contribution is 6.31. The number of nitrogens with one attached hydrogen (secondary N) is 1. The molecule has 0 unspecified atom stereocenters. The minimum absolute atomic E-state index is 0.241. The maximum absolute atomic E-state index is 11.8. The van der Waals surface area contributed by atoms with Crippen LogP contribution in [-0.4, -0.2) is 10.9 Å². The number of amides is 1. The van der Waals surface area contributed by atoms with Crippen molar-refractivity contribution in [2.24, 2.45) is 0 Å². The number of carbonyl (C=O) groups excluding carboxylic acids is 1. The Morgan fingerprint density at radius 1 is 1.18 bits per heavy atom. The fourth-order valence-corrected chi connectivity index (χ4v) is 1.68. The Morgan fingerprint density at radius 2 is 2.00 bits per heavy atom. The average Bonchev–Trinajstić information content (AvgIpc) is 2.29. The van der Waals surface area contributed by atoms with Gasteiger partial charge < -0.3 is 5.32 Å². The van der Waals surface area contributed by atoms with Gasteiger partial charge >= 0.3 is 0 Å². The molecule has 0 aliphatic rings. The smallest absolute Gasteiger partial charge is 0.255 e. The summed E-state index contributed by atoms with van der Waals surface area (Å²) in [4.78, 5) is 15.7. The Labute approximate surface area is 108 Å². The summed E-state index contributed by atoms with van der Waals surface area (Å²) >= 11 is 11.5. The molecule has 0 spiro atoms. The van der Waals surface area contributed by atoms with Gasteiger partial charge in [-0.15, -0.1) is 0 Å². The molecule has 1 amide bonds. The summed E-state index contributed by atoms with van der Waals surface area (Å²) in [6, 6.07) is 9.94. The second-order valence-corrected chi connectivity index (χ2v) is 4.16. The molecule has 17 heavy (non-hydrogen) atoms. The number of hydrogen-bond acceptors (Lipinski definition) is 2. The van der Waals surface area contributed by atoms with Gasteiger partial charge in [0.1, 0.15) is 5.15 Å². The van der Waals surface area contributed by atoms with Crippen LogP contribution in [0.15, 0.2) is 42.6 Å². The average molecular weight is 267 g/mol. The molecule has 3 nitrogen and oxygen atoms in total. The zero-order chi connectivity index (χ0) is 12.3. The van der Waals surface area contributed by atoms with Crippen molar-refractivity contribution >= 4 is 34.8 Å². The summed E-state index contributed by atoms with van der Waals surface area (Å²) in [5.74, 6) is -0.241. The lowest BCUT2D eigenvalue weighted by atomic mass is 10.2. The Morgan fingerprint density at radius 3 is 2.71 bits per heavy atom. The number of pyridine rings is 1. The molecule has 5 heteroatoms. The number of anilines is 1. The van der Waals surface area contributed by atoms with Crippen LogP contribution in [0.4, 0.5) is 5.69 Å². The van der Waals surface area contributed by atoms with Gasteiger partial charge in [-0.2, -0.15) is 0 Å². The van der Waals surface area contributed by atoms with E-state index in [2.05, 4.69) is 10.3 Å². The van der Waals surface area contributed by atoms with Gasteiger partial charge in [0.05, 0.1) is 0 Å². The van der Waals surface area contributed by atoms with Gasteiger partial charge in [0.2, 0.25) is 0 Å². The van der Waals surface area contributed by atoms with Gasteiger partial charge in [-0.1, -0.05) is 29.3 Å². The molecule has 1 aromatic carbocycles. The topological polar surface area (TPSA) is 42.0 Å². The highest BCUT2D eigenvalue weighted by atomic mass is 35.5. The molecule has 0 aliphatic heterocycles. The van der Waals surface area contributed by atoms with Crippen molar-refractivity contribution in [3.8, 4) is 0 Å². The molecule has 0 bridgehead atoms. The molecule has 0 radical (unpaired) electrons. The third-order valence-electron chi connectivity index (χ3n) is 2.07. The van der Waals surface area contributed by atoms with E-state index in [1.165, 1.54) is 6.20 Å². The van der Waals surface area contributed by atoms with E-state index in [4.69, 9.17) is 23.2 Å². The van der Waals surface area contributed by atoms with Crippen LogP contribution >= 0.6 is 23.2 Å². The van der Waals surface area contributed by atoms with Crippen LogP contribution in [0.25, 0.3) is 0 Å². The second-order valence-electron chi connectivity index (χ2n) is 3.33. The third kappa shape index (κ3) is 3.19. The van der Waals surface area contributed by atoms with Crippen LogP contribution in [0.3, 0.4) is 0 Å². The van der Waals surface area contributed by atoms with E-state index in [9.17, 15) is 4.79 Å². The van der Waals surface area contributed by atoms with Crippen molar-refractivity contribution in [2.45, 2.75) is 0 Å². The van der Waals surface area contributed by atoms with Crippen molar-refractivity contribution in [3.05, 3.63) is 58.3 Å². The van der Waals surface area contributed by atoms with Gasteiger partial charge in [-0.3, -0.25) is 4.79 Å². The van der Waals surface area contributed by atoms with E-state index in [1.807, 2.05) is 0 Å². The van der Waals surface area contributed by atoms with Gasteiger partial charge in [-0.05, 0) is 30.3 Å². The molecule has 0 aliphatic carbocycles. The van der Waals surface area contributed by atoms with Gasteiger partial charge in [0.25, 0.3) is 5.91 Å². The van der Waals surface area contributed by atoms with Crippen LogP contribution in [0, 0.1) is 0 Å². The zero-order valence-electron chi connectivity index (χ0n) is 8.65. The monoisotopic (exact) mass is 266 g/mol. The molecule has 1 N–H and O–H groups in total. The van der Waals surface area contributed by atoms with Gasteiger partial charge in [0, 0.05) is 22.5 Å². The van der Waals surface area contributed by atoms with Crippen molar-refractivity contribution in [3.63, 3.8) is 0 Å². The predicted molar refractivity (Wildman–Crippen MR) is 68.7 cm³/mol. The number of aromatic nitrogens is 1. The van der Waals surface area contributed by atoms with E-state index in [1.54, 1.807) is 36.4 Å². The molecule has 2 rings (SSSR count). The maximum atomic E-state index is 11.8. The number of nitrogens with zero attached hydrogens (tertiary/aromatic N) is 1. The molecule has 0 saturated carbocycles. The van der Waals surface area contributed by atoms with E-state index in [-0.39, 0.29) is 5.91 Å². The quantitative estimate of drug-likeness (QED) is 0.844. The van der Waals surface area contributed by atoms with E-state index in [0.717, 1.165) is 0 Å². The molecular weight excluding hydrogens is 259 g/mol. The lowest BCUT2D eigenvalue weighted by Crippen LogP contribution is -2.11. The summed E-state index contributed by atoms with van der Waals surface area (Å²) in [6.45, 7) is 0. The molecule has 0 atom stereocenters. The number of halogens is 2. The van der Waals surface area contributed by atoms with Crippen LogP contribution in [-0.2, 0) is 0 Å². The van der Waals surface area contributed by atoms with E-state index in [0.29, 0.717) is 21.4 Å². The summed E-state index contributed by atoms with van der Waals surface area (Å²) in [5.41, 5.74) is 1.08. The highest BCUT2D eigenvalue weighted by Crippen LogP contribution is 2.15. The third-order valence-corrected chi connectivity index (χ3v) is 2.51. The van der Waals surface area contributed by atoms with Crippen LogP contribution in [0.2, 0.25) is 10.2 Å². The van der Waals surface area contributed by atoms with E-state index < -0.39 is 0 Å². The summed E-state index contributed by atoms with van der Waals surface area (Å²) in [5, 5.41) is 3.55. The normalized spacial score (nSPS) is 10.0. The Balaban J connectivity index is 2.17. The predicted octanol–water partition coefficient (Wildman–Crippen LogP) is 3.64. The first kappa shape index (κ1) is 11.9. The summed E-state index contributed by atoms with van der Waals surface area (Å²) < 4.78 is 0. The second kappa shape index (κ2) is 5.17. The number of hydrogen-bond donors (Lipinski definition) is 1. The van der Waals surface area contributed by atoms with E-state index >= 15 is 0 Å². The molecule has 2 aromatic rings. The Bertz CT molecular complexity index is 558. The Kier molecular flexibility index (Phi) is 3.61. The van der Waals surface area contributed by atoms with Crippen molar-refractivity contribution in [1.29, 1.82) is 0 Å². The fourth-order valence-electron chi connectivity index (χ4n) is 1.31. The maximum Gasteiger partial charge on any atom is 0.255 e. The first-order chi connectivity index (χ1) is 8.15. The van der Waals surface area contributed by atoms with Gasteiger partial charge in [-0.25, -0.2) is 4.98 Å². The lowest BCUT2D eigenvalue weighted by Gasteiger charge is -2.05. The Hall–Kier alpha value is -1.58. The molecule has 1 heterocycles. The molecular formula is C12H8Cl2N2O. The van der Waals surface area contributed by atoms with Crippen molar-refractivity contribution < 1.29 is 4.79 Å².